The molecule has 0 aliphatic rings. The molecule has 19 heavy (non-hydrogen) atoms. The minimum absolute atomic E-state index is 0.232. The van der Waals surface area contributed by atoms with E-state index >= 15 is 0 Å². The molecular formula is C13H16N6. The molecule has 0 saturated carbocycles. The first-order valence-electron chi connectivity index (χ1n) is 5.99. The molecule has 0 aliphatic carbocycles. The van der Waals surface area contributed by atoms with Crippen molar-refractivity contribution >= 4 is 11.6 Å². The van der Waals surface area contributed by atoms with Crippen molar-refractivity contribution in [3.63, 3.8) is 0 Å². The van der Waals surface area contributed by atoms with Gasteiger partial charge >= 0.3 is 0 Å². The fourth-order valence-corrected chi connectivity index (χ4v) is 1.77. The maximum absolute atomic E-state index is 8.58. The summed E-state index contributed by atoms with van der Waals surface area (Å²) in [6, 6.07) is 7.86. The van der Waals surface area contributed by atoms with Gasteiger partial charge in [-0.3, -0.25) is 0 Å². The molecular weight excluding hydrogens is 240 g/mol. The van der Waals surface area contributed by atoms with Crippen molar-refractivity contribution in [3.8, 4) is 6.07 Å². The van der Waals surface area contributed by atoms with E-state index in [1.807, 2.05) is 49.3 Å². The molecule has 0 aromatic carbocycles. The molecule has 98 valence electrons. The van der Waals surface area contributed by atoms with Crippen LogP contribution in [0.25, 0.3) is 0 Å². The van der Waals surface area contributed by atoms with Crippen molar-refractivity contribution in [3.05, 3.63) is 35.9 Å². The van der Waals surface area contributed by atoms with Gasteiger partial charge in [-0.1, -0.05) is 0 Å². The van der Waals surface area contributed by atoms with Gasteiger partial charge in [-0.15, -0.1) is 0 Å². The summed E-state index contributed by atoms with van der Waals surface area (Å²) in [5.74, 6) is 2.17. The Labute approximate surface area is 112 Å². The normalized spacial score (nSPS) is 9.95. The summed E-state index contributed by atoms with van der Waals surface area (Å²) in [4.78, 5) is 13.8. The van der Waals surface area contributed by atoms with Gasteiger partial charge < -0.3 is 15.2 Å². The first kappa shape index (κ1) is 12.9. The molecule has 0 spiro atoms. The number of H-pyrrole nitrogens is 1. The van der Waals surface area contributed by atoms with Gasteiger partial charge in [-0.05, 0) is 19.1 Å². The second kappa shape index (κ2) is 5.87. The highest BCUT2D eigenvalue weighted by molar-refractivity contribution is 5.49. The van der Waals surface area contributed by atoms with Gasteiger partial charge in [0.25, 0.3) is 0 Å². The molecule has 2 N–H and O–H groups in total. The van der Waals surface area contributed by atoms with E-state index in [2.05, 4.69) is 20.3 Å². The quantitative estimate of drug-likeness (QED) is 0.796. The molecule has 6 nitrogen and oxygen atoms in total. The van der Waals surface area contributed by atoms with Crippen LogP contribution in [-0.2, 0) is 6.54 Å². The van der Waals surface area contributed by atoms with Crippen molar-refractivity contribution < 1.29 is 0 Å². The number of aryl methyl sites for hydroxylation is 1. The van der Waals surface area contributed by atoms with E-state index in [1.54, 1.807) is 0 Å². The Hall–Kier alpha value is -2.55. The third-order valence-electron chi connectivity index (χ3n) is 2.63. The van der Waals surface area contributed by atoms with Crippen LogP contribution in [0.5, 0.6) is 0 Å². The Balaban J connectivity index is 2.14. The van der Waals surface area contributed by atoms with Crippen LogP contribution in [0.4, 0.5) is 11.6 Å². The summed E-state index contributed by atoms with van der Waals surface area (Å²) in [7, 11) is 1.97. The first-order valence-corrected chi connectivity index (χ1v) is 5.99. The molecule has 2 aromatic heterocycles. The van der Waals surface area contributed by atoms with Crippen LogP contribution < -0.4 is 10.2 Å². The van der Waals surface area contributed by atoms with Crippen molar-refractivity contribution in [1.82, 2.24) is 15.0 Å². The van der Waals surface area contributed by atoms with Crippen LogP contribution in [0.2, 0.25) is 0 Å². The second-order valence-electron chi connectivity index (χ2n) is 4.22. The predicted molar refractivity (Wildman–Crippen MR) is 73.8 cm³/mol. The van der Waals surface area contributed by atoms with E-state index in [0.29, 0.717) is 11.6 Å². The van der Waals surface area contributed by atoms with Gasteiger partial charge in [0.15, 0.2) is 0 Å². The lowest BCUT2D eigenvalue weighted by molar-refractivity contribution is 0.860. The van der Waals surface area contributed by atoms with Gasteiger partial charge in [0.1, 0.15) is 24.0 Å². The summed E-state index contributed by atoms with van der Waals surface area (Å²) in [6.07, 6.45) is 1.90. The molecule has 0 saturated heterocycles. The van der Waals surface area contributed by atoms with E-state index in [4.69, 9.17) is 5.26 Å². The Kier molecular flexibility index (Phi) is 3.98. The minimum atomic E-state index is 0.232. The smallest absolute Gasteiger partial charge is 0.134 e. The second-order valence-corrected chi connectivity index (χ2v) is 4.22. The standard InChI is InChI=1S/C13H16N6/c1-10-17-12(16-7-5-14)8-13(18-10)19(2)9-11-4-3-6-15-11/h3-4,6,8,15H,7,9H2,1-2H3,(H,16,17,18). The number of aromatic amines is 1. The Morgan fingerprint density at radius 3 is 3.00 bits per heavy atom. The van der Waals surface area contributed by atoms with Crippen LogP contribution in [0.3, 0.4) is 0 Å². The van der Waals surface area contributed by atoms with E-state index < -0.39 is 0 Å². The topological polar surface area (TPSA) is 80.6 Å². The molecule has 2 heterocycles. The minimum Gasteiger partial charge on any atom is -0.364 e. The van der Waals surface area contributed by atoms with Crippen LogP contribution >= 0.6 is 0 Å². The maximum Gasteiger partial charge on any atom is 0.134 e. The molecule has 0 fully saturated rings. The number of aromatic nitrogens is 3. The lowest BCUT2D eigenvalue weighted by atomic mass is 10.4. The number of hydrogen-bond donors (Lipinski definition) is 2. The summed E-state index contributed by atoms with van der Waals surface area (Å²) in [5, 5.41) is 11.5. The highest BCUT2D eigenvalue weighted by Crippen LogP contribution is 2.16. The highest BCUT2D eigenvalue weighted by atomic mass is 15.2. The molecule has 0 bridgehead atoms. The van der Waals surface area contributed by atoms with Gasteiger partial charge in [0.05, 0.1) is 12.6 Å². The molecule has 0 unspecified atom stereocenters. The number of rotatable bonds is 5. The zero-order valence-electron chi connectivity index (χ0n) is 11.0. The van der Waals surface area contributed by atoms with E-state index in [-0.39, 0.29) is 6.54 Å². The summed E-state index contributed by atoms with van der Waals surface area (Å²) in [6.45, 7) is 2.81. The number of hydrogen-bond acceptors (Lipinski definition) is 5. The van der Waals surface area contributed by atoms with Crippen LogP contribution in [0, 0.1) is 18.3 Å². The average Bonchev–Trinajstić information content (AvgIpc) is 2.88. The van der Waals surface area contributed by atoms with Gasteiger partial charge in [-0.25, -0.2) is 9.97 Å². The zero-order valence-corrected chi connectivity index (χ0v) is 11.0. The van der Waals surface area contributed by atoms with Crippen LogP contribution in [0.15, 0.2) is 24.4 Å². The Morgan fingerprint density at radius 2 is 2.32 bits per heavy atom. The molecule has 2 aromatic rings. The molecule has 6 heteroatoms. The van der Waals surface area contributed by atoms with Crippen molar-refractivity contribution in [2.45, 2.75) is 13.5 Å². The monoisotopic (exact) mass is 256 g/mol. The number of nitrogens with zero attached hydrogens (tertiary/aromatic N) is 4. The largest absolute Gasteiger partial charge is 0.364 e. The molecule has 0 radical (unpaired) electrons. The predicted octanol–water partition coefficient (Wildman–Crippen LogP) is 1.68. The van der Waals surface area contributed by atoms with Crippen molar-refractivity contribution in [1.29, 1.82) is 5.26 Å². The fourth-order valence-electron chi connectivity index (χ4n) is 1.77. The lowest BCUT2D eigenvalue weighted by Crippen LogP contribution is -2.19. The average molecular weight is 256 g/mol. The van der Waals surface area contributed by atoms with Crippen LogP contribution in [0.1, 0.15) is 11.5 Å². The van der Waals surface area contributed by atoms with Gasteiger partial charge in [0.2, 0.25) is 0 Å². The first-order chi connectivity index (χ1) is 9.19. The van der Waals surface area contributed by atoms with E-state index in [1.165, 1.54) is 0 Å². The zero-order chi connectivity index (χ0) is 13.7. The lowest BCUT2D eigenvalue weighted by Gasteiger charge is -2.18. The summed E-state index contributed by atoms with van der Waals surface area (Å²) >= 11 is 0. The SMILES string of the molecule is Cc1nc(NCC#N)cc(N(C)Cc2ccc[nH]2)n1. The van der Waals surface area contributed by atoms with Crippen molar-refractivity contribution in [2.75, 3.05) is 23.8 Å². The number of anilines is 2. The summed E-state index contributed by atoms with van der Waals surface area (Å²) in [5.41, 5.74) is 1.12. The fraction of sp³-hybridized carbons (Fsp3) is 0.308. The van der Waals surface area contributed by atoms with Gasteiger partial charge in [-0.2, -0.15) is 5.26 Å². The van der Waals surface area contributed by atoms with Crippen LogP contribution in [-0.4, -0.2) is 28.5 Å². The maximum atomic E-state index is 8.58. The molecule has 2 rings (SSSR count). The van der Waals surface area contributed by atoms with E-state index in [0.717, 1.165) is 18.1 Å². The Bertz CT molecular complexity index is 569. The summed E-state index contributed by atoms with van der Waals surface area (Å²) < 4.78 is 0. The number of nitriles is 1. The Morgan fingerprint density at radius 1 is 1.47 bits per heavy atom. The highest BCUT2D eigenvalue weighted by Gasteiger charge is 2.07. The molecule has 0 aliphatic heterocycles. The molecule has 0 amide bonds. The third kappa shape index (κ3) is 3.45. The third-order valence-corrected chi connectivity index (χ3v) is 2.63. The van der Waals surface area contributed by atoms with Crippen molar-refractivity contribution in [2.24, 2.45) is 0 Å². The van der Waals surface area contributed by atoms with E-state index in [9.17, 15) is 0 Å². The number of nitrogens with one attached hydrogen (secondary N) is 2. The molecule has 0 atom stereocenters. The van der Waals surface area contributed by atoms with Gasteiger partial charge in [0, 0.05) is 25.0 Å².